The van der Waals surface area contributed by atoms with Crippen molar-refractivity contribution in [2.24, 2.45) is 0 Å². The molecule has 1 atom stereocenters. The van der Waals surface area contributed by atoms with Crippen LogP contribution in [0.15, 0.2) is 0 Å². The fraction of sp³-hybridized carbons (Fsp3) is 1.00. The number of aliphatic hydroxyl groups excluding tert-OH is 1. The molecule has 14 heavy (non-hydrogen) atoms. The third-order valence-electron chi connectivity index (χ3n) is 2.74. The van der Waals surface area contributed by atoms with Gasteiger partial charge in [-0.1, -0.05) is 0 Å². The maximum Gasteiger partial charge on any atom is 0.0541 e. The number of aliphatic hydroxyl groups is 1. The normalized spacial score (nSPS) is 30.1. The average molecular weight is 219 g/mol. The maximum atomic E-state index is 10.8. The fourth-order valence-corrected chi connectivity index (χ4v) is 2.41. The minimum atomic E-state index is -0.658. The van der Waals surface area contributed by atoms with Gasteiger partial charge in [-0.25, -0.2) is 0 Å². The molecular formula is C10H21NO2S. The molecule has 0 aromatic carbocycles. The Morgan fingerprint density at radius 2 is 2.00 bits per heavy atom. The van der Waals surface area contributed by atoms with Crippen LogP contribution in [0.1, 0.15) is 32.1 Å². The first-order valence-electron chi connectivity index (χ1n) is 5.40. The van der Waals surface area contributed by atoms with Gasteiger partial charge in [-0.3, -0.25) is 4.21 Å². The SMILES string of the molecule is CS(=O)CCCNC1CCC(O)CC1. The van der Waals surface area contributed by atoms with Crippen molar-refractivity contribution in [3.05, 3.63) is 0 Å². The second-order valence-electron chi connectivity index (χ2n) is 4.09. The zero-order chi connectivity index (χ0) is 10.4. The van der Waals surface area contributed by atoms with E-state index in [-0.39, 0.29) is 6.10 Å². The van der Waals surface area contributed by atoms with Crippen molar-refractivity contribution >= 4 is 10.8 Å². The molecule has 0 saturated heterocycles. The molecule has 84 valence electrons. The van der Waals surface area contributed by atoms with Crippen LogP contribution in [0.5, 0.6) is 0 Å². The summed E-state index contributed by atoms with van der Waals surface area (Å²) in [5.41, 5.74) is 0. The molecule has 2 N–H and O–H groups in total. The van der Waals surface area contributed by atoms with Gasteiger partial charge in [0.15, 0.2) is 0 Å². The molecule has 0 radical (unpaired) electrons. The second-order valence-corrected chi connectivity index (χ2v) is 5.65. The molecule has 0 heterocycles. The predicted octanol–water partition coefficient (Wildman–Crippen LogP) is 0.648. The van der Waals surface area contributed by atoms with Gasteiger partial charge in [-0.2, -0.15) is 0 Å². The van der Waals surface area contributed by atoms with Crippen LogP contribution in [0.4, 0.5) is 0 Å². The van der Waals surface area contributed by atoms with E-state index in [1.165, 1.54) is 0 Å². The van der Waals surface area contributed by atoms with E-state index in [4.69, 9.17) is 0 Å². The molecule has 1 saturated carbocycles. The highest BCUT2D eigenvalue weighted by Gasteiger charge is 2.18. The van der Waals surface area contributed by atoms with Crippen molar-refractivity contribution < 1.29 is 9.32 Å². The fourth-order valence-electron chi connectivity index (χ4n) is 1.86. The van der Waals surface area contributed by atoms with Crippen LogP contribution in [-0.2, 0) is 10.8 Å². The molecule has 0 bridgehead atoms. The van der Waals surface area contributed by atoms with E-state index in [9.17, 15) is 9.32 Å². The Balaban J connectivity index is 1.99. The van der Waals surface area contributed by atoms with Crippen molar-refractivity contribution in [1.82, 2.24) is 5.32 Å². The minimum Gasteiger partial charge on any atom is -0.393 e. The Morgan fingerprint density at radius 3 is 2.57 bits per heavy atom. The van der Waals surface area contributed by atoms with Gasteiger partial charge in [0.1, 0.15) is 0 Å². The molecule has 0 aliphatic heterocycles. The maximum absolute atomic E-state index is 10.8. The topological polar surface area (TPSA) is 49.3 Å². The molecule has 1 aliphatic rings. The van der Waals surface area contributed by atoms with Crippen LogP contribution in [-0.4, -0.2) is 40.0 Å². The number of nitrogens with one attached hydrogen (secondary N) is 1. The smallest absolute Gasteiger partial charge is 0.0541 e. The van der Waals surface area contributed by atoms with Gasteiger partial charge in [-0.05, 0) is 38.6 Å². The van der Waals surface area contributed by atoms with Crippen molar-refractivity contribution in [3.63, 3.8) is 0 Å². The van der Waals surface area contributed by atoms with Crippen LogP contribution < -0.4 is 5.32 Å². The Morgan fingerprint density at radius 1 is 1.36 bits per heavy atom. The molecular weight excluding hydrogens is 198 g/mol. The van der Waals surface area contributed by atoms with Crippen molar-refractivity contribution in [2.45, 2.75) is 44.2 Å². The van der Waals surface area contributed by atoms with Gasteiger partial charge in [0.05, 0.1) is 6.10 Å². The molecule has 1 rings (SSSR count). The Hall–Kier alpha value is 0.0700. The highest BCUT2D eigenvalue weighted by molar-refractivity contribution is 7.84. The first kappa shape index (κ1) is 12.1. The van der Waals surface area contributed by atoms with Crippen molar-refractivity contribution in [3.8, 4) is 0 Å². The van der Waals surface area contributed by atoms with Gasteiger partial charge in [0.2, 0.25) is 0 Å². The van der Waals surface area contributed by atoms with E-state index in [2.05, 4.69) is 5.32 Å². The molecule has 0 spiro atoms. The van der Waals surface area contributed by atoms with Crippen molar-refractivity contribution in [2.75, 3.05) is 18.6 Å². The Bertz CT molecular complexity index is 179. The lowest BCUT2D eigenvalue weighted by Crippen LogP contribution is -2.35. The molecule has 0 amide bonds. The first-order chi connectivity index (χ1) is 6.68. The van der Waals surface area contributed by atoms with Crippen LogP contribution >= 0.6 is 0 Å². The Labute approximate surface area is 88.7 Å². The lowest BCUT2D eigenvalue weighted by Gasteiger charge is -2.26. The van der Waals surface area contributed by atoms with Crippen LogP contribution in [0, 0.1) is 0 Å². The Kier molecular flexibility index (Phi) is 5.67. The predicted molar refractivity (Wildman–Crippen MR) is 59.8 cm³/mol. The monoisotopic (exact) mass is 219 g/mol. The summed E-state index contributed by atoms with van der Waals surface area (Å²) in [6.07, 6.45) is 6.68. The van der Waals surface area contributed by atoms with Crippen LogP contribution in [0.3, 0.4) is 0 Å². The van der Waals surface area contributed by atoms with Gasteiger partial charge < -0.3 is 10.4 Å². The largest absolute Gasteiger partial charge is 0.393 e. The first-order valence-corrected chi connectivity index (χ1v) is 7.12. The van der Waals surface area contributed by atoms with Crippen LogP contribution in [0.2, 0.25) is 0 Å². The van der Waals surface area contributed by atoms with Crippen LogP contribution in [0.25, 0.3) is 0 Å². The summed E-state index contributed by atoms with van der Waals surface area (Å²) in [6, 6.07) is 0.573. The van der Waals surface area contributed by atoms with E-state index in [1.54, 1.807) is 6.26 Å². The standard InChI is InChI=1S/C10H21NO2S/c1-14(13)8-2-7-11-9-3-5-10(12)6-4-9/h9-12H,2-8H2,1H3. The summed E-state index contributed by atoms with van der Waals surface area (Å²) in [6.45, 7) is 0.959. The zero-order valence-corrected chi connectivity index (χ0v) is 9.68. The molecule has 3 nitrogen and oxygen atoms in total. The molecule has 4 heteroatoms. The number of rotatable bonds is 5. The summed E-state index contributed by atoms with van der Waals surface area (Å²) in [4.78, 5) is 0. The van der Waals surface area contributed by atoms with Gasteiger partial charge >= 0.3 is 0 Å². The summed E-state index contributed by atoms with van der Waals surface area (Å²) >= 11 is 0. The van der Waals surface area contributed by atoms with Gasteiger partial charge in [-0.15, -0.1) is 0 Å². The highest BCUT2D eigenvalue weighted by Crippen LogP contribution is 2.17. The lowest BCUT2D eigenvalue weighted by molar-refractivity contribution is 0.117. The number of hydrogen-bond donors (Lipinski definition) is 2. The van der Waals surface area contributed by atoms with E-state index in [0.717, 1.165) is 44.4 Å². The molecule has 1 fully saturated rings. The van der Waals surface area contributed by atoms with Gasteiger partial charge in [0, 0.05) is 28.9 Å². The zero-order valence-electron chi connectivity index (χ0n) is 8.87. The minimum absolute atomic E-state index is 0.0730. The summed E-state index contributed by atoms with van der Waals surface area (Å²) < 4.78 is 10.8. The van der Waals surface area contributed by atoms with E-state index < -0.39 is 10.8 Å². The second kappa shape index (κ2) is 6.53. The molecule has 0 aromatic rings. The third-order valence-corrected chi connectivity index (χ3v) is 3.60. The van der Waals surface area contributed by atoms with E-state index in [1.807, 2.05) is 0 Å². The summed E-state index contributed by atoms with van der Waals surface area (Å²) in [7, 11) is -0.658. The lowest BCUT2D eigenvalue weighted by atomic mass is 9.93. The van der Waals surface area contributed by atoms with Crippen molar-refractivity contribution in [1.29, 1.82) is 0 Å². The third kappa shape index (κ3) is 5.08. The summed E-state index contributed by atoms with van der Waals surface area (Å²) in [5, 5.41) is 12.8. The molecule has 1 aliphatic carbocycles. The van der Waals surface area contributed by atoms with E-state index >= 15 is 0 Å². The van der Waals surface area contributed by atoms with E-state index in [0.29, 0.717) is 6.04 Å². The summed E-state index contributed by atoms with van der Waals surface area (Å²) in [5.74, 6) is 0.794. The quantitative estimate of drug-likeness (QED) is 0.667. The average Bonchev–Trinajstić information content (AvgIpc) is 2.15. The molecule has 0 aromatic heterocycles. The highest BCUT2D eigenvalue weighted by atomic mass is 32.2. The van der Waals surface area contributed by atoms with Gasteiger partial charge in [0.25, 0.3) is 0 Å². The molecule has 1 unspecified atom stereocenters. The number of hydrogen-bond acceptors (Lipinski definition) is 3.